The zero-order valence-electron chi connectivity index (χ0n) is 16.6. The molecule has 8 heteroatoms. The molecule has 7 nitrogen and oxygen atoms in total. The number of anilines is 2. The number of thioether (sulfide) groups is 1. The van der Waals surface area contributed by atoms with E-state index in [9.17, 15) is 14.9 Å². The van der Waals surface area contributed by atoms with E-state index in [0.717, 1.165) is 33.6 Å². The highest BCUT2D eigenvalue weighted by molar-refractivity contribution is 8.13. The molecule has 3 aromatic carbocycles. The van der Waals surface area contributed by atoms with E-state index in [1.807, 2.05) is 60.7 Å². The summed E-state index contributed by atoms with van der Waals surface area (Å²) in [7, 11) is 0. The Bertz CT molecular complexity index is 1240. The van der Waals surface area contributed by atoms with Gasteiger partial charge in [-0.25, -0.2) is 4.68 Å². The molecule has 0 saturated carbocycles. The highest BCUT2D eigenvalue weighted by atomic mass is 32.2. The van der Waals surface area contributed by atoms with Gasteiger partial charge in [-0.1, -0.05) is 54.2 Å². The van der Waals surface area contributed by atoms with Gasteiger partial charge < -0.3 is 5.32 Å². The summed E-state index contributed by atoms with van der Waals surface area (Å²) in [5, 5.41) is 19.1. The Labute approximate surface area is 182 Å². The van der Waals surface area contributed by atoms with Crippen molar-refractivity contribution in [2.75, 3.05) is 5.32 Å². The van der Waals surface area contributed by atoms with Crippen LogP contribution in [0.25, 0.3) is 16.9 Å². The summed E-state index contributed by atoms with van der Waals surface area (Å²) in [6, 6.07) is 25.4. The zero-order valence-corrected chi connectivity index (χ0v) is 17.4. The maximum absolute atomic E-state index is 11.6. The van der Waals surface area contributed by atoms with Crippen molar-refractivity contribution in [1.29, 1.82) is 0 Å². The van der Waals surface area contributed by atoms with Crippen LogP contribution in [0, 0.1) is 10.1 Å². The lowest BCUT2D eigenvalue weighted by atomic mass is 10.1. The smallest absolute Gasteiger partial charge is 0.269 e. The van der Waals surface area contributed by atoms with Crippen LogP contribution in [0.4, 0.5) is 17.2 Å². The van der Waals surface area contributed by atoms with E-state index in [2.05, 4.69) is 5.32 Å². The Morgan fingerprint density at radius 2 is 1.68 bits per heavy atom. The average Bonchev–Trinajstić information content (AvgIpc) is 3.19. The Balaban J connectivity index is 1.78. The number of nitro benzene ring substituents is 1. The summed E-state index contributed by atoms with van der Waals surface area (Å²) in [6.07, 6.45) is 0. The number of carbonyl (C=O) groups is 1. The molecule has 0 unspecified atom stereocenters. The summed E-state index contributed by atoms with van der Waals surface area (Å²) in [5.41, 5.74) is 3.14. The molecule has 0 radical (unpaired) electrons. The van der Waals surface area contributed by atoms with Gasteiger partial charge in [0.2, 0.25) is 0 Å². The first kappa shape index (κ1) is 20.4. The predicted octanol–water partition coefficient (Wildman–Crippen LogP) is 5.83. The average molecular weight is 430 g/mol. The van der Waals surface area contributed by atoms with Gasteiger partial charge in [0.05, 0.1) is 22.0 Å². The monoisotopic (exact) mass is 430 g/mol. The summed E-state index contributed by atoms with van der Waals surface area (Å²) in [6.45, 7) is 1.52. The van der Waals surface area contributed by atoms with Crippen LogP contribution in [-0.4, -0.2) is 19.8 Å². The van der Waals surface area contributed by atoms with Crippen LogP contribution in [0.5, 0.6) is 0 Å². The van der Waals surface area contributed by atoms with Crippen LogP contribution >= 0.6 is 11.8 Å². The third kappa shape index (κ3) is 4.65. The first-order chi connectivity index (χ1) is 15.0. The molecule has 0 aliphatic heterocycles. The first-order valence-electron chi connectivity index (χ1n) is 9.46. The lowest BCUT2D eigenvalue weighted by molar-refractivity contribution is -0.384. The van der Waals surface area contributed by atoms with Gasteiger partial charge in [0.1, 0.15) is 5.82 Å². The van der Waals surface area contributed by atoms with E-state index in [0.29, 0.717) is 11.5 Å². The number of rotatable bonds is 6. The number of hydrogen-bond donors (Lipinski definition) is 1. The molecular formula is C23H18N4O3S. The lowest BCUT2D eigenvalue weighted by Gasteiger charge is -2.12. The summed E-state index contributed by atoms with van der Waals surface area (Å²) in [4.78, 5) is 23.0. The number of aromatic nitrogens is 2. The van der Waals surface area contributed by atoms with E-state index >= 15 is 0 Å². The second-order valence-electron chi connectivity index (χ2n) is 6.68. The van der Waals surface area contributed by atoms with Crippen molar-refractivity contribution >= 4 is 34.1 Å². The number of carbonyl (C=O) groups excluding carboxylic acids is 1. The van der Waals surface area contributed by atoms with Crippen molar-refractivity contribution in [2.24, 2.45) is 0 Å². The fraction of sp³-hybridized carbons (Fsp3) is 0.0435. The topological polar surface area (TPSA) is 90.1 Å². The van der Waals surface area contributed by atoms with Gasteiger partial charge in [0.25, 0.3) is 5.69 Å². The molecule has 4 aromatic rings. The summed E-state index contributed by atoms with van der Waals surface area (Å²) < 4.78 is 1.70. The van der Waals surface area contributed by atoms with E-state index in [4.69, 9.17) is 5.10 Å². The van der Waals surface area contributed by atoms with Gasteiger partial charge in [-0.3, -0.25) is 14.9 Å². The molecule has 0 amide bonds. The molecule has 0 fully saturated rings. The highest BCUT2D eigenvalue weighted by Crippen LogP contribution is 2.32. The second kappa shape index (κ2) is 8.85. The molecule has 0 atom stereocenters. The molecule has 0 spiro atoms. The third-order valence-electron chi connectivity index (χ3n) is 4.49. The van der Waals surface area contributed by atoms with Gasteiger partial charge in [0, 0.05) is 35.6 Å². The fourth-order valence-corrected chi connectivity index (χ4v) is 3.77. The van der Waals surface area contributed by atoms with Crippen LogP contribution in [0.3, 0.4) is 0 Å². The summed E-state index contributed by atoms with van der Waals surface area (Å²) in [5.74, 6) is 0.671. The van der Waals surface area contributed by atoms with Crippen LogP contribution in [0.2, 0.25) is 0 Å². The van der Waals surface area contributed by atoms with Gasteiger partial charge in [0.15, 0.2) is 5.12 Å². The molecule has 1 aromatic heterocycles. The van der Waals surface area contributed by atoms with Crippen molar-refractivity contribution in [3.63, 3.8) is 0 Å². The van der Waals surface area contributed by atoms with Gasteiger partial charge >= 0.3 is 0 Å². The standard InChI is InChI=1S/C23H18N4O3S/c1-16(28)31-22-10-6-5-9-20(22)24-23-15-21(17-7-3-2-4-8-17)25-26(23)18-11-13-19(14-12-18)27(29)30/h2-15,24H,1H3. The number of nitro groups is 1. The Morgan fingerprint density at radius 1 is 1.00 bits per heavy atom. The number of nitrogens with one attached hydrogen (secondary N) is 1. The number of nitrogens with zero attached hydrogens (tertiary/aromatic N) is 3. The quantitative estimate of drug-likeness (QED) is 0.235. The van der Waals surface area contributed by atoms with E-state index in [-0.39, 0.29) is 10.8 Å². The predicted molar refractivity (Wildman–Crippen MR) is 122 cm³/mol. The highest BCUT2D eigenvalue weighted by Gasteiger charge is 2.15. The molecule has 31 heavy (non-hydrogen) atoms. The molecule has 0 saturated heterocycles. The van der Waals surface area contributed by atoms with Gasteiger partial charge in [-0.05, 0) is 24.3 Å². The van der Waals surface area contributed by atoms with Gasteiger partial charge in [-0.2, -0.15) is 5.10 Å². The molecule has 0 aliphatic rings. The van der Waals surface area contributed by atoms with Crippen LogP contribution in [0.15, 0.2) is 89.8 Å². The molecule has 1 heterocycles. The number of para-hydroxylation sites is 1. The van der Waals surface area contributed by atoms with Crippen LogP contribution < -0.4 is 5.32 Å². The minimum Gasteiger partial charge on any atom is -0.339 e. The van der Waals surface area contributed by atoms with Crippen molar-refractivity contribution in [1.82, 2.24) is 9.78 Å². The zero-order chi connectivity index (χ0) is 21.8. The minimum absolute atomic E-state index is 0.0110. The van der Waals surface area contributed by atoms with Crippen LogP contribution in [0.1, 0.15) is 6.92 Å². The fourth-order valence-electron chi connectivity index (χ4n) is 3.08. The second-order valence-corrected chi connectivity index (χ2v) is 7.90. The van der Waals surface area contributed by atoms with Crippen molar-refractivity contribution < 1.29 is 9.72 Å². The van der Waals surface area contributed by atoms with Crippen LogP contribution in [-0.2, 0) is 4.79 Å². The van der Waals surface area contributed by atoms with Crippen molar-refractivity contribution in [3.05, 3.63) is 95.0 Å². The molecular weight excluding hydrogens is 412 g/mol. The molecule has 0 bridgehead atoms. The molecule has 154 valence electrons. The maximum atomic E-state index is 11.6. The largest absolute Gasteiger partial charge is 0.339 e. The Kier molecular flexibility index (Phi) is 5.81. The normalized spacial score (nSPS) is 10.6. The molecule has 4 rings (SSSR count). The Hall–Kier alpha value is -3.91. The van der Waals surface area contributed by atoms with E-state index in [1.165, 1.54) is 19.1 Å². The lowest BCUT2D eigenvalue weighted by Crippen LogP contribution is -2.03. The molecule has 1 N–H and O–H groups in total. The number of benzene rings is 3. The third-order valence-corrected chi connectivity index (χ3v) is 5.35. The number of hydrogen-bond acceptors (Lipinski definition) is 6. The minimum atomic E-state index is -0.434. The summed E-state index contributed by atoms with van der Waals surface area (Å²) >= 11 is 1.15. The SMILES string of the molecule is CC(=O)Sc1ccccc1Nc1cc(-c2ccccc2)nn1-c1ccc([N+](=O)[O-])cc1. The van der Waals surface area contributed by atoms with Crippen molar-refractivity contribution in [3.8, 4) is 16.9 Å². The first-order valence-corrected chi connectivity index (χ1v) is 10.3. The van der Waals surface area contributed by atoms with E-state index in [1.54, 1.807) is 16.8 Å². The number of non-ortho nitro benzene ring substituents is 1. The van der Waals surface area contributed by atoms with Gasteiger partial charge in [-0.15, -0.1) is 0 Å². The molecule has 0 aliphatic carbocycles. The Morgan fingerprint density at radius 3 is 2.35 bits per heavy atom. The van der Waals surface area contributed by atoms with E-state index < -0.39 is 4.92 Å². The van der Waals surface area contributed by atoms with Crippen molar-refractivity contribution in [2.45, 2.75) is 11.8 Å². The maximum Gasteiger partial charge on any atom is 0.269 e.